The summed E-state index contributed by atoms with van der Waals surface area (Å²) in [6.45, 7) is 0.658. The number of rotatable bonds is 4. The van der Waals surface area contributed by atoms with Crippen LogP contribution in [0.15, 0.2) is 53.2 Å². The Morgan fingerprint density at radius 3 is 2.78 bits per heavy atom. The first kappa shape index (κ1) is 15.5. The fraction of sp³-hybridized carbons (Fsp3) is 0.111. The fourth-order valence-corrected chi connectivity index (χ4v) is 2.73. The number of hydrogen-bond acceptors (Lipinski definition) is 7. The second-order valence-corrected chi connectivity index (χ2v) is 5.92. The zero-order chi connectivity index (χ0) is 18.2. The van der Waals surface area contributed by atoms with E-state index in [0.29, 0.717) is 35.5 Å². The summed E-state index contributed by atoms with van der Waals surface area (Å²) in [5.74, 6) is 1.71. The Morgan fingerprint density at radius 1 is 1.04 bits per heavy atom. The first-order chi connectivity index (χ1) is 13.2. The second kappa shape index (κ2) is 6.20. The van der Waals surface area contributed by atoms with Crippen molar-refractivity contribution in [1.29, 1.82) is 0 Å². The lowest BCUT2D eigenvalue weighted by Crippen LogP contribution is -2.00. The van der Waals surface area contributed by atoms with Crippen LogP contribution in [0.25, 0.3) is 23.0 Å². The molecular formula is C18H12FN5O3. The number of aromatic nitrogens is 5. The molecule has 0 radical (unpaired) electrons. The maximum Gasteiger partial charge on any atom is 0.258 e. The minimum Gasteiger partial charge on any atom is -0.454 e. The van der Waals surface area contributed by atoms with Crippen molar-refractivity contribution in [1.82, 2.24) is 25.1 Å². The molecule has 0 N–H and O–H groups in total. The van der Waals surface area contributed by atoms with Crippen molar-refractivity contribution in [3.05, 3.63) is 60.0 Å². The van der Waals surface area contributed by atoms with Crippen LogP contribution in [0.4, 0.5) is 4.39 Å². The molecule has 27 heavy (non-hydrogen) atoms. The molecule has 0 aliphatic carbocycles. The highest BCUT2D eigenvalue weighted by molar-refractivity contribution is 5.62. The summed E-state index contributed by atoms with van der Waals surface area (Å²) in [4.78, 5) is 4.37. The van der Waals surface area contributed by atoms with Gasteiger partial charge in [-0.1, -0.05) is 22.5 Å². The van der Waals surface area contributed by atoms with E-state index in [1.165, 1.54) is 12.1 Å². The molecule has 4 aromatic rings. The summed E-state index contributed by atoms with van der Waals surface area (Å²) in [7, 11) is 0. The molecule has 0 unspecified atom stereocenters. The third-order valence-electron chi connectivity index (χ3n) is 4.07. The molecule has 3 heterocycles. The molecule has 0 bridgehead atoms. The van der Waals surface area contributed by atoms with E-state index < -0.39 is 0 Å². The van der Waals surface area contributed by atoms with Crippen LogP contribution in [0, 0.1) is 5.82 Å². The highest BCUT2D eigenvalue weighted by Gasteiger charge is 2.18. The van der Waals surface area contributed by atoms with Gasteiger partial charge in [0.15, 0.2) is 17.2 Å². The van der Waals surface area contributed by atoms with Gasteiger partial charge in [0, 0.05) is 5.56 Å². The van der Waals surface area contributed by atoms with Gasteiger partial charge in [0.25, 0.3) is 5.89 Å². The van der Waals surface area contributed by atoms with Crippen LogP contribution < -0.4 is 9.47 Å². The predicted molar refractivity (Wildman–Crippen MR) is 90.4 cm³/mol. The summed E-state index contributed by atoms with van der Waals surface area (Å²) in [5.41, 5.74) is 2.10. The lowest BCUT2D eigenvalue weighted by molar-refractivity contribution is 0.174. The highest BCUT2D eigenvalue weighted by atomic mass is 19.1. The molecule has 0 saturated carbocycles. The number of ether oxygens (including phenoxy) is 2. The van der Waals surface area contributed by atoms with E-state index in [9.17, 15) is 4.39 Å². The second-order valence-electron chi connectivity index (χ2n) is 5.92. The molecule has 2 aromatic carbocycles. The summed E-state index contributed by atoms with van der Waals surface area (Å²) >= 11 is 0. The Morgan fingerprint density at radius 2 is 1.89 bits per heavy atom. The van der Waals surface area contributed by atoms with Crippen LogP contribution in [0.5, 0.6) is 11.5 Å². The topological polar surface area (TPSA) is 88.1 Å². The van der Waals surface area contributed by atoms with Gasteiger partial charge in [0.2, 0.25) is 12.6 Å². The Labute approximate surface area is 152 Å². The lowest BCUT2D eigenvalue weighted by Gasteiger charge is -1.99. The van der Waals surface area contributed by atoms with Crippen LogP contribution in [0.2, 0.25) is 0 Å². The van der Waals surface area contributed by atoms with Gasteiger partial charge in [0.05, 0.1) is 12.7 Å². The van der Waals surface area contributed by atoms with Crippen molar-refractivity contribution in [2.45, 2.75) is 6.54 Å². The van der Waals surface area contributed by atoms with Crippen molar-refractivity contribution in [3.63, 3.8) is 0 Å². The third kappa shape index (κ3) is 2.99. The molecule has 2 aromatic heterocycles. The zero-order valence-corrected chi connectivity index (χ0v) is 13.9. The minimum atomic E-state index is -0.277. The molecule has 9 heteroatoms. The van der Waals surface area contributed by atoms with E-state index in [4.69, 9.17) is 14.0 Å². The van der Waals surface area contributed by atoms with Gasteiger partial charge in [-0.15, -0.1) is 5.10 Å². The third-order valence-corrected chi connectivity index (χ3v) is 4.07. The van der Waals surface area contributed by atoms with E-state index in [1.807, 2.05) is 6.07 Å². The monoisotopic (exact) mass is 365 g/mol. The van der Waals surface area contributed by atoms with Crippen molar-refractivity contribution in [2.24, 2.45) is 0 Å². The Bertz CT molecular complexity index is 1110. The van der Waals surface area contributed by atoms with Crippen molar-refractivity contribution < 1.29 is 18.4 Å². The minimum absolute atomic E-state index is 0.199. The van der Waals surface area contributed by atoms with E-state index in [-0.39, 0.29) is 12.6 Å². The standard InChI is InChI=1S/C18H12FN5O3/c19-13-4-1-11(2-5-13)8-24-9-14(21-23-24)17-20-18(27-22-17)12-3-6-15-16(7-12)26-10-25-15/h1-7,9H,8,10H2. The van der Waals surface area contributed by atoms with Gasteiger partial charge in [-0.05, 0) is 35.9 Å². The fourth-order valence-electron chi connectivity index (χ4n) is 2.73. The maximum absolute atomic E-state index is 13.0. The highest BCUT2D eigenvalue weighted by Crippen LogP contribution is 2.35. The molecule has 0 spiro atoms. The zero-order valence-electron chi connectivity index (χ0n) is 13.9. The van der Waals surface area contributed by atoms with Gasteiger partial charge >= 0.3 is 0 Å². The number of halogens is 1. The Hall–Kier alpha value is -3.75. The number of fused-ring (bicyclic) bond motifs is 1. The first-order valence-corrected chi connectivity index (χ1v) is 8.13. The molecule has 1 aliphatic rings. The summed E-state index contributed by atoms with van der Waals surface area (Å²) in [6, 6.07) is 11.6. The van der Waals surface area contributed by atoms with E-state index in [2.05, 4.69) is 20.5 Å². The molecule has 0 atom stereocenters. The van der Waals surface area contributed by atoms with Gasteiger partial charge in [-0.2, -0.15) is 4.98 Å². The lowest BCUT2D eigenvalue weighted by atomic mass is 10.2. The molecule has 1 aliphatic heterocycles. The number of benzene rings is 2. The Balaban J connectivity index is 1.37. The number of nitrogens with zero attached hydrogens (tertiary/aromatic N) is 5. The van der Waals surface area contributed by atoms with Gasteiger partial charge in [-0.25, -0.2) is 9.07 Å². The number of hydrogen-bond donors (Lipinski definition) is 0. The molecular weight excluding hydrogens is 353 g/mol. The van der Waals surface area contributed by atoms with Crippen molar-refractivity contribution in [3.8, 4) is 34.5 Å². The quantitative estimate of drug-likeness (QED) is 0.549. The molecule has 5 rings (SSSR count). The van der Waals surface area contributed by atoms with E-state index in [0.717, 1.165) is 11.1 Å². The molecule has 0 saturated heterocycles. The van der Waals surface area contributed by atoms with E-state index in [1.54, 1.807) is 35.1 Å². The van der Waals surface area contributed by atoms with Crippen LogP contribution in [-0.4, -0.2) is 31.9 Å². The largest absolute Gasteiger partial charge is 0.454 e. The smallest absolute Gasteiger partial charge is 0.258 e. The molecule has 134 valence electrons. The van der Waals surface area contributed by atoms with Crippen molar-refractivity contribution >= 4 is 0 Å². The van der Waals surface area contributed by atoms with Crippen molar-refractivity contribution in [2.75, 3.05) is 6.79 Å². The van der Waals surface area contributed by atoms with Gasteiger partial charge < -0.3 is 14.0 Å². The summed E-state index contributed by atoms with van der Waals surface area (Å²) in [5, 5.41) is 12.1. The molecule has 0 amide bonds. The summed E-state index contributed by atoms with van der Waals surface area (Å²) in [6.07, 6.45) is 1.71. The predicted octanol–water partition coefficient (Wildman–Crippen LogP) is 2.91. The average Bonchev–Trinajstić information content (AvgIpc) is 3.43. The van der Waals surface area contributed by atoms with Crippen LogP contribution >= 0.6 is 0 Å². The maximum atomic E-state index is 13.0. The molecule has 0 fully saturated rings. The van der Waals surface area contributed by atoms with Crippen LogP contribution in [0.3, 0.4) is 0 Å². The first-order valence-electron chi connectivity index (χ1n) is 8.13. The van der Waals surface area contributed by atoms with Crippen LogP contribution in [-0.2, 0) is 6.54 Å². The van der Waals surface area contributed by atoms with Gasteiger partial charge in [-0.3, -0.25) is 0 Å². The normalized spacial score (nSPS) is 12.5. The van der Waals surface area contributed by atoms with Gasteiger partial charge in [0.1, 0.15) is 5.82 Å². The SMILES string of the molecule is Fc1ccc(Cn2cc(-c3noc(-c4ccc5c(c4)OCO5)n3)nn2)cc1. The Kier molecular flexibility index (Phi) is 3.56. The van der Waals surface area contributed by atoms with E-state index >= 15 is 0 Å². The summed E-state index contributed by atoms with van der Waals surface area (Å²) < 4.78 is 30.6. The van der Waals surface area contributed by atoms with Crippen LogP contribution in [0.1, 0.15) is 5.56 Å². The average molecular weight is 365 g/mol. The molecule has 8 nitrogen and oxygen atoms in total.